The summed E-state index contributed by atoms with van der Waals surface area (Å²) in [5, 5.41) is 0. The Labute approximate surface area is 121 Å². The molecule has 1 aromatic rings. The van der Waals surface area contributed by atoms with E-state index in [1.54, 1.807) is 25.1 Å². The number of hydrogen-bond acceptors (Lipinski definition) is 4. The number of hydrogen-bond donors (Lipinski definition) is 2. The molecule has 0 bridgehead atoms. The normalized spacial score (nSPS) is 12.0. The van der Waals surface area contributed by atoms with Gasteiger partial charge in [-0.25, -0.2) is 13.1 Å². The van der Waals surface area contributed by atoms with Crippen molar-refractivity contribution in [2.45, 2.75) is 32.1 Å². The fraction of sp³-hybridized carbons (Fsp3) is 0.571. The topological polar surface area (TPSA) is 81.4 Å². The molecule has 0 unspecified atom stereocenters. The maximum absolute atomic E-state index is 12.2. The highest BCUT2D eigenvalue weighted by Crippen LogP contribution is 2.21. The molecule has 1 rings (SSSR count). The highest BCUT2D eigenvalue weighted by Gasteiger charge is 2.18. The van der Waals surface area contributed by atoms with Gasteiger partial charge in [0.25, 0.3) is 0 Å². The molecule has 5 nitrogen and oxygen atoms in total. The molecule has 0 aliphatic carbocycles. The van der Waals surface area contributed by atoms with Gasteiger partial charge in [0.2, 0.25) is 10.0 Å². The third-order valence-corrected chi connectivity index (χ3v) is 4.40. The summed E-state index contributed by atoms with van der Waals surface area (Å²) in [5.74, 6) is 0.485. The fourth-order valence-corrected chi connectivity index (χ4v) is 3.24. The van der Waals surface area contributed by atoms with Gasteiger partial charge in [-0.05, 0) is 30.9 Å². The monoisotopic (exact) mass is 300 g/mol. The molecule has 114 valence electrons. The summed E-state index contributed by atoms with van der Waals surface area (Å²) in [7, 11) is -3.56. The van der Waals surface area contributed by atoms with Crippen LogP contribution in [-0.2, 0) is 14.8 Å². The second kappa shape index (κ2) is 7.61. The van der Waals surface area contributed by atoms with Crippen LogP contribution in [0.25, 0.3) is 0 Å². The predicted octanol–water partition coefficient (Wildman–Crippen LogP) is 1.92. The number of ether oxygens (including phenoxy) is 1. The quantitative estimate of drug-likeness (QED) is 0.567. The van der Waals surface area contributed by atoms with Crippen LogP contribution in [0.3, 0.4) is 0 Å². The number of rotatable bonds is 8. The molecule has 0 aliphatic heterocycles. The summed E-state index contributed by atoms with van der Waals surface area (Å²) >= 11 is 0. The molecule has 3 N–H and O–H groups in total. The second-order valence-corrected chi connectivity index (χ2v) is 6.92. The molecule has 0 atom stereocenters. The minimum Gasteiger partial charge on any atom is -0.398 e. The van der Waals surface area contributed by atoms with Gasteiger partial charge in [0.05, 0.1) is 5.69 Å². The van der Waals surface area contributed by atoms with Crippen LogP contribution in [0.5, 0.6) is 0 Å². The van der Waals surface area contributed by atoms with Gasteiger partial charge in [-0.3, -0.25) is 0 Å². The van der Waals surface area contributed by atoms with Crippen LogP contribution in [0, 0.1) is 12.8 Å². The van der Waals surface area contributed by atoms with Crippen LogP contribution in [0.15, 0.2) is 23.1 Å². The number of anilines is 1. The number of benzene rings is 1. The lowest BCUT2D eigenvalue weighted by Crippen LogP contribution is -2.27. The number of sulfonamides is 1. The first-order valence-corrected chi connectivity index (χ1v) is 8.25. The Morgan fingerprint density at radius 3 is 2.65 bits per heavy atom. The molecule has 1 aromatic carbocycles. The molecule has 0 aliphatic rings. The molecule has 0 aromatic heterocycles. The van der Waals surface area contributed by atoms with Crippen molar-refractivity contribution < 1.29 is 13.2 Å². The zero-order valence-electron chi connectivity index (χ0n) is 12.3. The van der Waals surface area contributed by atoms with Crippen LogP contribution in [0.2, 0.25) is 0 Å². The Morgan fingerprint density at radius 2 is 2.05 bits per heavy atom. The van der Waals surface area contributed by atoms with E-state index >= 15 is 0 Å². The lowest BCUT2D eigenvalue weighted by molar-refractivity contribution is 0.108. The first-order chi connectivity index (χ1) is 9.34. The van der Waals surface area contributed by atoms with Crippen molar-refractivity contribution in [2.75, 3.05) is 25.5 Å². The van der Waals surface area contributed by atoms with Gasteiger partial charge in [0.15, 0.2) is 0 Å². The molecule has 0 heterocycles. The summed E-state index contributed by atoms with van der Waals surface area (Å²) in [6.45, 7) is 7.46. The van der Waals surface area contributed by atoms with Crippen molar-refractivity contribution in [3.8, 4) is 0 Å². The fourth-order valence-electron chi connectivity index (χ4n) is 1.81. The first-order valence-electron chi connectivity index (χ1n) is 6.77. The first kappa shape index (κ1) is 16.9. The van der Waals surface area contributed by atoms with Gasteiger partial charge >= 0.3 is 0 Å². The van der Waals surface area contributed by atoms with Gasteiger partial charge < -0.3 is 10.5 Å². The Balaban J connectivity index is 2.50. The zero-order chi connectivity index (χ0) is 15.2. The molecular weight excluding hydrogens is 276 g/mol. The Hall–Kier alpha value is -1.11. The van der Waals surface area contributed by atoms with E-state index in [0.717, 1.165) is 0 Å². The van der Waals surface area contributed by atoms with Crippen LogP contribution in [-0.4, -0.2) is 28.2 Å². The van der Waals surface area contributed by atoms with E-state index in [1.807, 2.05) is 0 Å². The van der Waals surface area contributed by atoms with E-state index in [2.05, 4.69) is 18.6 Å². The summed E-state index contributed by atoms with van der Waals surface area (Å²) < 4.78 is 32.3. The molecule has 0 amide bonds. The Bertz CT molecular complexity index is 507. The van der Waals surface area contributed by atoms with Crippen molar-refractivity contribution in [3.05, 3.63) is 23.8 Å². The van der Waals surface area contributed by atoms with Crippen LogP contribution >= 0.6 is 0 Å². The van der Waals surface area contributed by atoms with Gasteiger partial charge in [0.1, 0.15) is 4.90 Å². The number of nitrogen functional groups attached to an aromatic ring is 1. The summed E-state index contributed by atoms with van der Waals surface area (Å²) in [6, 6.07) is 5.06. The molecule has 6 heteroatoms. The molecular formula is C14H24N2O3S. The number of nitrogens with two attached hydrogens (primary N) is 1. The average Bonchev–Trinajstić information content (AvgIpc) is 2.32. The predicted molar refractivity (Wildman–Crippen MR) is 81.1 cm³/mol. The van der Waals surface area contributed by atoms with Crippen molar-refractivity contribution in [2.24, 2.45) is 5.92 Å². The molecule has 20 heavy (non-hydrogen) atoms. The summed E-state index contributed by atoms with van der Waals surface area (Å²) in [5.41, 5.74) is 6.67. The minimum atomic E-state index is -3.56. The molecule has 0 radical (unpaired) electrons. The molecule has 0 fully saturated rings. The van der Waals surface area contributed by atoms with Crippen molar-refractivity contribution in [1.82, 2.24) is 4.72 Å². The SMILES string of the molecule is Cc1cccc(N)c1S(=O)(=O)NCCCOCC(C)C. The smallest absolute Gasteiger partial charge is 0.242 e. The van der Waals surface area contributed by atoms with E-state index in [-0.39, 0.29) is 10.6 Å². The number of aryl methyl sites for hydroxylation is 1. The second-order valence-electron chi connectivity index (χ2n) is 5.21. The van der Waals surface area contributed by atoms with Crippen molar-refractivity contribution in [1.29, 1.82) is 0 Å². The summed E-state index contributed by atoms with van der Waals surface area (Å²) in [6.07, 6.45) is 0.637. The van der Waals surface area contributed by atoms with Crippen LogP contribution in [0.4, 0.5) is 5.69 Å². The molecule has 0 saturated heterocycles. The summed E-state index contributed by atoms with van der Waals surface area (Å²) in [4.78, 5) is 0.170. The van der Waals surface area contributed by atoms with E-state index in [0.29, 0.717) is 37.7 Å². The highest BCUT2D eigenvalue weighted by atomic mass is 32.2. The van der Waals surface area contributed by atoms with Gasteiger partial charge in [-0.2, -0.15) is 0 Å². The van der Waals surface area contributed by atoms with Gasteiger partial charge in [-0.15, -0.1) is 0 Å². The van der Waals surface area contributed by atoms with E-state index in [4.69, 9.17) is 10.5 Å². The van der Waals surface area contributed by atoms with E-state index in [1.165, 1.54) is 0 Å². The van der Waals surface area contributed by atoms with E-state index in [9.17, 15) is 8.42 Å². The van der Waals surface area contributed by atoms with Crippen LogP contribution < -0.4 is 10.5 Å². The third kappa shape index (κ3) is 5.11. The Morgan fingerprint density at radius 1 is 1.35 bits per heavy atom. The van der Waals surface area contributed by atoms with Crippen LogP contribution in [0.1, 0.15) is 25.8 Å². The van der Waals surface area contributed by atoms with Crippen molar-refractivity contribution in [3.63, 3.8) is 0 Å². The highest BCUT2D eigenvalue weighted by molar-refractivity contribution is 7.89. The largest absolute Gasteiger partial charge is 0.398 e. The lowest BCUT2D eigenvalue weighted by Gasteiger charge is -2.12. The lowest BCUT2D eigenvalue weighted by atomic mass is 10.2. The van der Waals surface area contributed by atoms with Gasteiger partial charge in [0, 0.05) is 19.8 Å². The maximum atomic E-state index is 12.2. The van der Waals surface area contributed by atoms with Crippen molar-refractivity contribution >= 4 is 15.7 Å². The Kier molecular flexibility index (Phi) is 6.45. The standard InChI is InChI=1S/C14H24N2O3S/c1-11(2)10-19-9-5-8-16-20(17,18)14-12(3)6-4-7-13(14)15/h4,6-7,11,16H,5,8-10,15H2,1-3H3. The van der Waals surface area contributed by atoms with E-state index < -0.39 is 10.0 Å². The minimum absolute atomic E-state index is 0.170. The zero-order valence-corrected chi connectivity index (χ0v) is 13.2. The van der Waals surface area contributed by atoms with Gasteiger partial charge in [-0.1, -0.05) is 26.0 Å². The molecule has 0 spiro atoms. The third-order valence-electron chi connectivity index (χ3n) is 2.72. The number of nitrogens with one attached hydrogen (secondary N) is 1. The maximum Gasteiger partial charge on any atom is 0.242 e. The average molecular weight is 300 g/mol. The molecule has 0 saturated carbocycles.